The van der Waals surface area contributed by atoms with Crippen molar-refractivity contribution in [3.63, 3.8) is 0 Å². The largest absolute Gasteiger partial charge is 0.466 e. The van der Waals surface area contributed by atoms with Crippen molar-refractivity contribution in [2.45, 2.75) is 13.0 Å². The van der Waals surface area contributed by atoms with Crippen LogP contribution in [0.3, 0.4) is 0 Å². The summed E-state index contributed by atoms with van der Waals surface area (Å²) in [5.74, 6) is -2.00. The topological polar surface area (TPSA) is 92.7 Å². The lowest BCUT2D eigenvalue weighted by molar-refractivity contribution is -0.148. The van der Waals surface area contributed by atoms with Crippen LogP contribution < -0.4 is 16.3 Å². The summed E-state index contributed by atoms with van der Waals surface area (Å²) in [6.07, 6.45) is 1.56. The van der Waals surface area contributed by atoms with Crippen molar-refractivity contribution < 1.29 is 18.7 Å². The number of thiophene rings is 1. The van der Waals surface area contributed by atoms with Gasteiger partial charge in [0, 0.05) is 31.4 Å². The van der Waals surface area contributed by atoms with Crippen LogP contribution >= 0.6 is 22.9 Å². The minimum absolute atomic E-state index is 0.173. The van der Waals surface area contributed by atoms with Crippen LogP contribution in [0.1, 0.15) is 16.6 Å². The Kier molecular flexibility index (Phi) is 7.30. The first kappa shape index (κ1) is 23.9. The second-order valence-electron chi connectivity index (χ2n) is 7.63. The van der Waals surface area contributed by atoms with Gasteiger partial charge in [0.15, 0.2) is 0 Å². The minimum atomic E-state index is -0.642. The number of carbonyl (C=O) groups excluding carboxylic acids is 2. The van der Waals surface area contributed by atoms with E-state index in [1.807, 2.05) is 0 Å². The number of halogens is 2. The second kappa shape index (κ2) is 10.4. The molecule has 0 bridgehead atoms. The molecular formula is C23H22ClFN4O4S. The van der Waals surface area contributed by atoms with Gasteiger partial charge in [-0.3, -0.25) is 19.0 Å². The predicted molar refractivity (Wildman–Crippen MR) is 128 cm³/mol. The Labute approximate surface area is 203 Å². The molecule has 1 amide bonds. The van der Waals surface area contributed by atoms with Gasteiger partial charge in [0.1, 0.15) is 5.82 Å². The number of pyridine rings is 1. The number of nitrogens with zero attached hydrogens (tertiary/aromatic N) is 2. The number of amides is 1. The zero-order valence-electron chi connectivity index (χ0n) is 18.2. The standard InChI is InChI=1S/C23H22ClFN4O4S/c1-2-33-23(32)15-12-28(13-18(15)26-22(31)19-8-9-20(24)34-19)27-17-7-6-14(11-16(17)25)29-10-4-3-5-21(29)30/h3-11,15,18,27H,2,12-13H2,1H3,(H,26,31)/t15-,18-/m0/s1. The predicted octanol–water partition coefficient (Wildman–Crippen LogP) is 3.31. The lowest BCUT2D eigenvalue weighted by Gasteiger charge is -2.19. The molecule has 0 radical (unpaired) electrons. The molecule has 178 valence electrons. The molecule has 3 heterocycles. The molecule has 2 aromatic heterocycles. The third-order valence-corrected chi connectivity index (χ3v) is 6.58. The van der Waals surface area contributed by atoms with Gasteiger partial charge < -0.3 is 15.5 Å². The molecular weight excluding hydrogens is 483 g/mol. The Morgan fingerprint density at radius 1 is 1.21 bits per heavy atom. The van der Waals surface area contributed by atoms with Crippen molar-refractivity contribution in [2.24, 2.45) is 5.92 Å². The summed E-state index contributed by atoms with van der Waals surface area (Å²) in [6, 6.07) is 11.8. The van der Waals surface area contributed by atoms with E-state index in [4.69, 9.17) is 16.3 Å². The number of benzene rings is 1. The van der Waals surface area contributed by atoms with Crippen molar-refractivity contribution in [2.75, 3.05) is 25.1 Å². The third kappa shape index (κ3) is 5.30. The summed E-state index contributed by atoms with van der Waals surface area (Å²) in [5.41, 5.74) is 3.26. The maximum absolute atomic E-state index is 14.9. The van der Waals surface area contributed by atoms with Crippen LogP contribution in [0.4, 0.5) is 10.1 Å². The number of anilines is 1. The first-order valence-electron chi connectivity index (χ1n) is 10.6. The van der Waals surface area contributed by atoms with Crippen molar-refractivity contribution in [3.05, 3.63) is 80.1 Å². The van der Waals surface area contributed by atoms with Crippen molar-refractivity contribution in [1.29, 1.82) is 0 Å². The summed E-state index contributed by atoms with van der Waals surface area (Å²) >= 11 is 7.06. The zero-order chi connectivity index (χ0) is 24.2. The summed E-state index contributed by atoms with van der Waals surface area (Å²) in [5, 5.41) is 4.52. The number of ether oxygens (including phenoxy) is 1. The zero-order valence-corrected chi connectivity index (χ0v) is 19.7. The Hall–Kier alpha value is -3.21. The minimum Gasteiger partial charge on any atom is -0.466 e. The molecule has 2 atom stereocenters. The molecule has 4 rings (SSSR count). The van der Waals surface area contributed by atoms with E-state index in [9.17, 15) is 18.8 Å². The molecule has 2 N–H and O–H groups in total. The van der Waals surface area contributed by atoms with Crippen LogP contribution in [-0.2, 0) is 9.53 Å². The second-order valence-corrected chi connectivity index (χ2v) is 9.35. The quantitative estimate of drug-likeness (QED) is 0.480. The highest BCUT2D eigenvalue weighted by atomic mass is 35.5. The van der Waals surface area contributed by atoms with E-state index >= 15 is 0 Å². The van der Waals surface area contributed by atoms with Crippen LogP contribution in [0, 0.1) is 11.7 Å². The van der Waals surface area contributed by atoms with Gasteiger partial charge in [-0.05, 0) is 37.3 Å². The molecule has 11 heteroatoms. The molecule has 8 nitrogen and oxygen atoms in total. The van der Waals surface area contributed by atoms with Crippen LogP contribution in [-0.4, -0.2) is 47.2 Å². The van der Waals surface area contributed by atoms with Gasteiger partial charge in [0.05, 0.1) is 39.2 Å². The number of hydrazine groups is 1. The first-order chi connectivity index (χ1) is 16.4. The summed E-state index contributed by atoms with van der Waals surface area (Å²) in [6.45, 7) is 2.36. The van der Waals surface area contributed by atoms with E-state index in [0.29, 0.717) is 14.9 Å². The van der Waals surface area contributed by atoms with Crippen LogP contribution in [0.2, 0.25) is 4.34 Å². The van der Waals surface area contributed by atoms with Gasteiger partial charge in [-0.1, -0.05) is 17.7 Å². The fourth-order valence-electron chi connectivity index (χ4n) is 3.76. The molecule has 1 saturated heterocycles. The van der Waals surface area contributed by atoms with Crippen LogP contribution in [0.5, 0.6) is 0 Å². The molecule has 3 aromatic rings. The molecule has 1 fully saturated rings. The monoisotopic (exact) mass is 504 g/mol. The molecule has 1 aromatic carbocycles. The average Bonchev–Trinajstić information content (AvgIpc) is 3.42. The number of hydrogen-bond acceptors (Lipinski definition) is 7. The SMILES string of the molecule is CCOC(=O)[C@H]1CN(Nc2ccc(-n3ccccc3=O)cc2F)C[C@@H]1NC(=O)c1ccc(Cl)s1. The van der Waals surface area contributed by atoms with Gasteiger partial charge in [-0.2, -0.15) is 0 Å². The van der Waals surface area contributed by atoms with Crippen LogP contribution in [0.25, 0.3) is 5.69 Å². The third-order valence-electron chi connectivity index (χ3n) is 5.35. The Balaban J connectivity index is 1.49. The van der Waals surface area contributed by atoms with Crippen molar-refractivity contribution in [3.8, 4) is 5.69 Å². The number of esters is 1. The Morgan fingerprint density at radius 2 is 2.03 bits per heavy atom. The van der Waals surface area contributed by atoms with E-state index in [1.54, 1.807) is 48.5 Å². The number of hydrogen-bond donors (Lipinski definition) is 2. The maximum Gasteiger partial charge on any atom is 0.312 e. The van der Waals surface area contributed by atoms with E-state index in [-0.39, 0.29) is 36.9 Å². The van der Waals surface area contributed by atoms with Crippen LogP contribution in [0.15, 0.2) is 59.5 Å². The van der Waals surface area contributed by atoms with E-state index in [2.05, 4.69) is 10.7 Å². The van der Waals surface area contributed by atoms with Gasteiger partial charge in [-0.15, -0.1) is 11.3 Å². The molecule has 0 saturated carbocycles. The van der Waals surface area contributed by atoms with E-state index in [0.717, 1.165) is 11.3 Å². The highest BCUT2D eigenvalue weighted by Gasteiger charge is 2.40. The fourth-order valence-corrected chi connectivity index (χ4v) is 4.71. The van der Waals surface area contributed by atoms with Gasteiger partial charge >= 0.3 is 5.97 Å². The molecule has 0 aliphatic carbocycles. The number of carbonyl (C=O) groups is 2. The Bertz CT molecular complexity index is 1260. The molecule has 0 spiro atoms. The maximum atomic E-state index is 14.9. The van der Waals surface area contributed by atoms with E-state index in [1.165, 1.54) is 22.8 Å². The average molecular weight is 505 g/mol. The highest BCUT2D eigenvalue weighted by Crippen LogP contribution is 2.25. The Morgan fingerprint density at radius 3 is 2.71 bits per heavy atom. The fraction of sp³-hybridized carbons (Fsp3) is 0.261. The molecule has 34 heavy (non-hydrogen) atoms. The molecule has 1 aliphatic heterocycles. The van der Waals surface area contributed by atoms with Gasteiger partial charge in [-0.25, -0.2) is 9.40 Å². The molecule has 0 unspecified atom stereocenters. The number of nitrogens with one attached hydrogen (secondary N) is 2. The highest BCUT2D eigenvalue weighted by molar-refractivity contribution is 7.18. The van der Waals surface area contributed by atoms with E-state index < -0.39 is 23.7 Å². The number of aromatic nitrogens is 1. The number of rotatable bonds is 7. The normalized spacial score (nSPS) is 18.0. The van der Waals surface area contributed by atoms with Gasteiger partial charge in [0.25, 0.3) is 11.5 Å². The first-order valence-corrected chi connectivity index (χ1v) is 11.8. The van der Waals surface area contributed by atoms with Crippen molar-refractivity contribution in [1.82, 2.24) is 14.9 Å². The lowest BCUT2D eigenvalue weighted by atomic mass is 10.0. The summed E-state index contributed by atoms with van der Waals surface area (Å²) in [7, 11) is 0. The van der Waals surface area contributed by atoms with Crippen molar-refractivity contribution >= 4 is 40.5 Å². The summed E-state index contributed by atoms with van der Waals surface area (Å²) in [4.78, 5) is 37.6. The molecule has 1 aliphatic rings. The van der Waals surface area contributed by atoms with Gasteiger partial charge in [0.2, 0.25) is 0 Å². The smallest absolute Gasteiger partial charge is 0.312 e. The lowest BCUT2D eigenvalue weighted by Crippen LogP contribution is -2.43. The summed E-state index contributed by atoms with van der Waals surface area (Å²) < 4.78 is 21.8.